The van der Waals surface area contributed by atoms with Gasteiger partial charge in [-0.25, -0.2) is 0 Å². The standard InChI is InChI=1S/C14H15OP.ClH/c1-2-15-12-8-10-14(11-9-12)16-13-6-4-3-5-7-13;/h3-11,16H,2H2,1H3;1H. The molecule has 0 aliphatic carbocycles. The Morgan fingerprint density at radius 2 is 1.47 bits per heavy atom. The van der Waals surface area contributed by atoms with Gasteiger partial charge < -0.3 is 4.74 Å². The summed E-state index contributed by atoms with van der Waals surface area (Å²) >= 11 is 0. The SMILES string of the molecule is CCOc1ccc(Pc2ccccc2)cc1.Cl. The topological polar surface area (TPSA) is 9.23 Å². The maximum atomic E-state index is 5.41. The van der Waals surface area contributed by atoms with Gasteiger partial charge in [0.2, 0.25) is 0 Å². The van der Waals surface area contributed by atoms with E-state index in [1.54, 1.807) is 0 Å². The van der Waals surface area contributed by atoms with Gasteiger partial charge in [0.25, 0.3) is 0 Å². The first-order chi connectivity index (χ1) is 7.88. The van der Waals surface area contributed by atoms with Gasteiger partial charge in [0.1, 0.15) is 5.75 Å². The third-order valence-electron chi connectivity index (χ3n) is 2.23. The summed E-state index contributed by atoms with van der Waals surface area (Å²) < 4.78 is 5.41. The zero-order valence-corrected chi connectivity index (χ0v) is 11.5. The highest BCUT2D eigenvalue weighted by atomic mass is 35.5. The lowest BCUT2D eigenvalue weighted by atomic mass is 10.3. The van der Waals surface area contributed by atoms with Crippen LogP contribution in [0.5, 0.6) is 5.75 Å². The van der Waals surface area contributed by atoms with Crippen molar-refractivity contribution < 1.29 is 4.74 Å². The van der Waals surface area contributed by atoms with Crippen molar-refractivity contribution in [2.45, 2.75) is 6.92 Å². The van der Waals surface area contributed by atoms with Crippen molar-refractivity contribution in [2.75, 3.05) is 6.61 Å². The summed E-state index contributed by atoms with van der Waals surface area (Å²) in [4.78, 5) is 0. The molecule has 0 aliphatic heterocycles. The van der Waals surface area contributed by atoms with Gasteiger partial charge in [0, 0.05) is 0 Å². The van der Waals surface area contributed by atoms with E-state index in [4.69, 9.17) is 4.74 Å². The monoisotopic (exact) mass is 266 g/mol. The maximum absolute atomic E-state index is 5.41. The van der Waals surface area contributed by atoms with Gasteiger partial charge >= 0.3 is 0 Å². The molecule has 1 unspecified atom stereocenters. The summed E-state index contributed by atoms with van der Waals surface area (Å²) in [6.07, 6.45) is 0. The highest BCUT2D eigenvalue weighted by molar-refractivity contribution is 7.55. The highest BCUT2D eigenvalue weighted by Gasteiger charge is 1.96. The number of ether oxygens (including phenoxy) is 1. The van der Waals surface area contributed by atoms with Crippen molar-refractivity contribution in [1.82, 2.24) is 0 Å². The Balaban J connectivity index is 0.00000144. The average molecular weight is 267 g/mol. The number of hydrogen-bond donors (Lipinski definition) is 0. The van der Waals surface area contributed by atoms with Crippen molar-refractivity contribution in [3.63, 3.8) is 0 Å². The number of benzene rings is 2. The quantitative estimate of drug-likeness (QED) is 0.773. The van der Waals surface area contributed by atoms with Crippen LogP contribution in [0.2, 0.25) is 0 Å². The second-order valence-electron chi connectivity index (χ2n) is 3.45. The molecule has 0 aromatic heterocycles. The second-order valence-corrected chi connectivity index (χ2v) is 4.85. The zero-order valence-electron chi connectivity index (χ0n) is 9.72. The summed E-state index contributed by atoms with van der Waals surface area (Å²) in [6, 6.07) is 18.9. The summed E-state index contributed by atoms with van der Waals surface area (Å²) in [5.41, 5.74) is 0. The van der Waals surface area contributed by atoms with E-state index in [-0.39, 0.29) is 12.4 Å². The van der Waals surface area contributed by atoms with Gasteiger partial charge in [0.05, 0.1) is 6.61 Å². The maximum Gasteiger partial charge on any atom is 0.119 e. The lowest BCUT2D eigenvalue weighted by Gasteiger charge is -2.05. The van der Waals surface area contributed by atoms with E-state index in [0.29, 0.717) is 0 Å². The minimum absolute atomic E-state index is 0. The lowest BCUT2D eigenvalue weighted by Crippen LogP contribution is -2.02. The first-order valence-electron chi connectivity index (χ1n) is 5.43. The number of halogens is 1. The molecule has 0 N–H and O–H groups in total. The van der Waals surface area contributed by atoms with Crippen molar-refractivity contribution in [2.24, 2.45) is 0 Å². The van der Waals surface area contributed by atoms with Crippen LogP contribution in [-0.2, 0) is 0 Å². The van der Waals surface area contributed by atoms with Crippen molar-refractivity contribution in [3.05, 3.63) is 54.6 Å². The Labute approximate surface area is 110 Å². The molecule has 0 spiro atoms. The van der Waals surface area contributed by atoms with Crippen LogP contribution in [0.3, 0.4) is 0 Å². The molecule has 1 nitrogen and oxygen atoms in total. The summed E-state index contributed by atoms with van der Waals surface area (Å²) in [6.45, 7) is 2.72. The Morgan fingerprint density at radius 1 is 0.882 bits per heavy atom. The fraction of sp³-hybridized carbons (Fsp3) is 0.143. The van der Waals surface area contributed by atoms with Crippen LogP contribution in [0, 0.1) is 0 Å². The molecule has 17 heavy (non-hydrogen) atoms. The van der Waals surface area contributed by atoms with Crippen LogP contribution < -0.4 is 15.3 Å². The van der Waals surface area contributed by atoms with E-state index in [2.05, 4.69) is 36.4 Å². The fourth-order valence-electron chi connectivity index (χ4n) is 1.49. The van der Waals surface area contributed by atoms with Crippen molar-refractivity contribution in [3.8, 4) is 5.75 Å². The van der Waals surface area contributed by atoms with Crippen LogP contribution in [0.25, 0.3) is 0 Å². The lowest BCUT2D eigenvalue weighted by molar-refractivity contribution is 0.340. The molecule has 0 fully saturated rings. The van der Waals surface area contributed by atoms with Crippen LogP contribution in [-0.4, -0.2) is 6.61 Å². The summed E-state index contributed by atoms with van der Waals surface area (Å²) in [5.74, 6) is 0.948. The Morgan fingerprint density at radius 3 is 2.06 bits per heavy atom. The molecule has 0 heterocycles. The molecular weight excluding hydrogens is 251 g/mol. The molecule has 0 saturated heterocycles. The minimum Gasteiger partial charge on any atom is -0.494 e. The van der Waals surface area contributed by atoms with Crippen molar-refractivity contribution in [1.29, 1.82) is 0 Å². The molecule has 2 aromatic carbocycles. The molecule has 0 amide bonds. The molecule has 2 rings (SSSR count). The predicted octanol–water partition coefficient (Wildman–Crippen LogP) is 3.14. The fourth-order valence-corrected chi connectivity index (χ4v) is 2.52. The average Bonchev–Trinajstić information content (AvgIpc) is 2.33. The normalized spacial score (nSPS) is 10.2. The largest absolute Gasteiger partial charge is 0.494 e. The number of hydrogen-bond acceptors (Lipinski definition) is 1. The van der Waals surface area contributed by atoms with Gasteiger partial charge in [-0.1, -0.05) is 51.0 Å². The van der Waals surface area contributed by atoms with Crippen molar-refractivity contribution >= 4 is 31.6 Å². The van der Waals surface area contributed by atoms with E-state index < -0.39 is 0 Å². The zero-order chi connectivity index (χ0) is 11.2. The Hall–Kier alpha value is -1.04. The number of rotatable bonds is 4. The molecule has 0 radical (unpaired) electrons. The van der Waals surface area contributed by atoms with E-state index in [1.165, 1.54) is 10.6 Å². The van der Waals surface area contributed by atoms with E-state index in [1.807, 2.05) is 25.1 Å². The smallest absolute Gasteiger partial charge is 0.119 e. The van der Waals surface area contributed by atoms with Gasteiger partial charge in [0.15, 0.2) is 0 Å². The summed E-state index contributed by atoms with van der Waals surface area (Å²) in [5, 5.41) is 2.71. The Kier molecular flexibility index (Phi) is 6.04. The third-order valence-corrected chi connectivity index (χ3v) is 3.47. The first-order valence-corrected chi connectivity index (χ1v) is 6.43. The molecule has 0 bridgehead atoms. The molecule has 2 aromatic rings. The van der Waals surface area contributed by atoms with Crippen LogP contribution in [0.1, 0.15) is 6.92 Å². The molecule has 1 atom stereocenters. The van der Waals surface area contributed by atoms with E-state index >= 15 is 0 Å². The molecule has 0 saturated carbocycles. The molecule has 90 valence electrons. The van der Waals surface area contributed by atoms with Gasteiger partial charge in [-0.3, -0.25) is 0 Å². The van der Waals surface area contributed by atoms with Gasteiger partial charge in [-0.15, -0.1) is 12.4 Å². The highest BCUT2D eigenvalue weighted by Crippen LogP contribution is 2.14. The van der Waals surface area contributed by atoms with Gasteiger partial charge in [-0.2, -0.15) is 0 Å². The molecule has 0 aliphatic rings. The predicted molar refractivity (Wildman–Crippen MR) is 78.9 cm³/mol. The van der Waals surface area contributed by atoms with Gasteiger partial charge in [-0.05, 0) is 29.7 Å². The minimum atomic E-state index is 0. The summed E-state index contributed by atoms with van der Waals surface area (Å²) in [7, 11) is 0.720. The third kappa shape index (κ3) is 4.38. The van der Waals surface area contributed by atoms with Crippen LogP contribution >= 0.6 is 21.0 Å². The van der Waals surface area contributed by atoms with E-state index in [0.717, 1.165) is 20.9 Å². The second kappa shape index (κ2) is 7.32. The Bertz CT molecular complexity index is 428. The van der Waals surface area contributed by atoms with Crippen LogP contribution in [0.4, 0.5) is 0 Å². The first kappa shape index (κ1) is 14.0. The van der Waals surface area contributed by atoms with E-state index in [9.17, 15) is 0 Å². The van der Waals surface area contributed by atoms with Crippen LogP contribution in [0.15, 0.2) is 54.6 Å². The molecular formula is C14H16ClOP. The molecule has 3 heteroatoms.